The van der Waals surface area contributed by atoms with Gasteiger partial charge in [0.2, 0.25) is 0 Å². The standard InChI is InChI=1S/C13H12BrFN2S/c14-9-5-4-7(15)6-8(9)13-17-11-3-1-2-10(16)12(11)18-13/h4-6,10H,1-3,16H2. The molecule has 1 aromatic heterocycles. The highest BCUT2D eigenvalue weighted by atomic mass is 79.9. The minimum absolute atomic E-state index is 0.0901. The highest BCUT2D eigenvalue weighted by Crippen LogP contribution is 2.39. The molecule has 0 bridgehead atoms. The Kier molecular flexibility index (Phi) is 3.21. The fourth-order valence-corrected chi connectivity index (χ4v) is 3.97. The molecule has 2 N–H and O–H groups in total. The van der Waals surface area contributed by atoms with Crippen LogP contribution in [-0.2, 0) is 6.42 Å². The maximum atomic E-state index is 13.3. The molecule has 0 aliphatic heterocycles. The van der Waals surface area contributed by atoms with Crippen LogP contribution in [0.5, 0.6) is 0 Å². The third-order valence-corrected chi connectivity index (χ3v) is 5.11. The van der Waals surface area contributed by atoms with Gasteiger partial charge in [0.25, 0.3) is 0 Å². The van der Waals surface area contributed by atoms with Crippen LogP contribution in [0.3, 0.4) is 0 Å². The summed E-state index contributed by atoms with van der Waals surface area (Å²) in [6.45, 7) is 0. The molecule has 1 heterocycles. The number of nitrogens with two attached hydrogens (primary N) is 1. The molecule has 0 saturated heterocycles. The van der Waals surface area contributed by atoms with Crippen LogP contribution >= 0.6 is 27.3 Å². The Morgan fingerprint density at radius 3 is 3.06 bits per heavy atom. The number of hydrogen-bond acceptors (Lipinski definition) is 3. The Morgan fingerprint density at radius 2 is 2.28 bits per heavy atom. The van der Waals surface area contributed by atoms with Crippen LogP contribution < -0.4 is 5.73 Å². The summed E-state index contributed by atoms with van der Waals surface area (Å²) in [5, 5.41) is 0.851. The molecule has 2 aromatic rings. The van der Waals surface area contributed by atoms with E-state index in [1.165, 1.54) is 12.1 Å². The summed E-state index contributed by atoms with van der Waals surface area (Å²) in [5.41, 5.74) is 7.99. The molecule has 94 valence electrons. The summed E-state index contributed by atoms with van der Waals surface area (Å²) < 4.78 is 14.2. The van der Waals surface area contributed by atoms with Crippen molar-refractivity contribution in [1.29, 1.82) is 0 Å². The second-order valence-electron chi connectivity index (χ2n) is 4.45. The van der Waals surface area contributed by atoms with Gasteiger partial charge in [0.15, 0.2) is 0 Å². The van der Waals surface area contributed by atoms with Crippen molar-refractivity contribution in [3.8, 4) is 10.6 Å². The monoisotopic (exact) mass is 326 g/mol. The van der Waals surface area contributed by atoms with Crippen molar-refractivity contribution >= 4 is 27.3 Å². The third-order valence-electron chi connectivity index (χ3n) is 3.15. The normalized spacial score (nSPS) is 18.7. The second-order valence-corrected chi connectivity index (χ2v) is 6.34. The van der Waals surface area contributed by atoms with Gasteiger partial charge < -0.3 is 5.73 Å². The van der Waals surface area contributed by atoms with E-state index in [1.54, 1.807) is 17.4 Å². The van der Waals surface area contributed by atoms with Crippen molar-refractivity contribution in [2.75, 3.05) is 0 Å². The van der Waals surface area contributed by atoms with Gasteiger partial charge in [0.1, 0.15) is 10.8 Å². The first-order valence-corrected chi connectivity index (χ1v) is 7.46. The highest BCUT2D eigenvalue weighted by Gasteiger charge is 2.22. The van der Waals surface area contributed by atoms with Gasteiger partial charge in [-0.1, -0.05) is 15.9 Å². The van der Waals surface area contributed by atoms with Crippen LogP contribution in [0.25, 0.3) is 10.6 Å². The Labute approximate surface area is 117 Å². The molecule has 18 heavy (non-hydrogen) atoms. The van der Waals surface area contributed by atoms with E-state index in [0.717, 1.165) is 44.9 Å². The number of nitrogens with zero attached hydrogens (tertiary/aromatic N) is 1. The van der Waals surface area contributed by atoms with Gasteiger partial charge in [0.05, 0.1) is 5.69 Å². The predicted molar refractivity (Wildman–Crippen MR) is 75.1 cm³/mol. The third kappa shape index (κ3) is 2.11. The van der Waals surface area contributed by atoms with Gasteiger partial charge in [0, 0.05) is 21.0 Å². The molecule has 1 atom stereocenters. The topological polar surface area (TPSA) is 38.9 Å². The van der Waals surface area contributed by atoms with Crippen molar-refractivity contribution in [3.05, 3.63) is 39.1 Å². The van der Waals surface area contributed by atoms with Gasteiger partial charge in [-0.3, -0.25) is 0 Å². The predicted octanol–water partition coefficient (Wildman–Crippen LogP) is 4.05. The van der Waals surface area contributed by atoms with E-state index < -0.39 is 0 Å². The number of halogens is 2. The summed E-state index contributed by atoms with van der Waals surface area (Å²) in [6, 6.07) is 4.75. The first-order chi connectivity index (χ1) is 8.65. The lowest BCUT2D eigenvalue weighted by Crippen LogP contribution is -2.15. The average Bonchev–Trinajstić information content (AvgIpc) is 2.77. The molecule has 0 saturated carbocycles. The summed E-state index contributed by atoms with van der Waals surface area (Å²) >= 11 is 5.03. The van der Waals surface area contributed by atoms with Crippen molar-refractivity contribution in [3.63, 3.8) is 0 Å². The van der Waals surface area contributed by atoms with E-state index in [4.69, 9.17) is 5.73 Å². The molecule has 1 unspecified atom stereocenters. The Balaban J connectivity index is 2.10. The number of benzene rings is 1. The largest absolute Gasteiger partial charge is 0.323 e. The van der Waals surface area contributed by atoms with Crippen molar-refractivity contribution in [1.82, 2.24) is 4.98 Å². The second kappa shape index (κ2) is 4.72. The Morgan fingerprint density at radius 1 is 1.44 bits per heavy atom. The Hall–Kier alpha value is -0.780. The number of hydrogen-bond donors (Lipinski definition) is 1. The number of aromatic nitrogens is 1. The molecule has 5 heteroatoms. The minimum atomic E-state index is -0.245. The van der Waals surface area contributed by atoms with Gasteiger partial charge in [-0.05, 0) is 37.5 Å². The molecule has 0 spiro atoms. The van der Waals surface area contributed by atoms with E-state index in [0.29, 0.717) is 0 Å². The SMILES string of the molecule is NC1CCCc2nc(-c3cc(F)ccc3Br)sc21. The van der Waals surface area contributed by atoms with Crippen molar-refractivity contribution in [2.45, 2.75) is 25.3 Å². The van der Waals surface area contributed by atoms with Crippen LogP contribution in [0.1, 0.15) is 29.5 Å². The van der Waals surface area contributed by atoms with E-state index in [9.17, 15) is 4.39 Å². The molecule has 2 nitrogen and oxygen atoms in total. The summed E-state index contributed by atoms with van der Waals surface area (Å²) in [4.78, 5) is 5.77. The molecule has 1 aromatic carbocycles. The molecular formula is C13H12BrFN2S. The number of aryl methyl sites for hydroxylation is 1. The quantitative estimate of drug-likeness (QED) is 0.858. The van der Waals surface area contributed by atoms with Crippen molar-refractivity contribution in [2.24, 2.45) is 5.73 Å². The summed E-state index contributed by atoms with van der Waals surface area (Å²) in [6.07, 6.45) is 3.08. The van der Waals surface area contributed by atoms with Crippen LogP contribution in [-0.4, -0.2) is 4.98 Å². The first-order valence-electron chi connectivity index (χ1n) is 5.86. The van der Waals surface area contributed by atoms with Gasteiger partial charge in [-0.15, -0.1) is 11.3 Å². The molecule has 1 aliphatic carbocycles. The zero-order valence-electron chi connectivity index (χ0n) is 9.62. The van der Waals surface area contributed by atoms with Gasteiger partial charge in [-0.2, -0.15) is 0 Å². The van der Waals surface area contributed by atoms with Crippen LogP contribution in [0, 0.1) is 5.82 Å². The fraction of sp³-hybridized carbons (Fsp3) is 0.308. The molecule has 3 rings (SSSR count). The van der Waals surface area contributed by atoms with Gasteiger partial charge >= 0.3 is 0 Å². The van der Waals surface area contributed by atoms with E-state index >= 15 is 0 Å². The molecular weight excluding hydrogens is 315 g/mol. The van der Waals surface area contributed by atoms with Crippen LogP contribution in [0.15, 0.2) is 22.7 Å². The van der Waals surface area contributed by atoms with Crippen LogP contribution in [0.4, 0.5) is 4.39 Å². The number of fused-ring (bicyclic) bond motifs is 1. The minimum Gasteiger partial charge on any atom is -0.323 e. The van der Waals surface area contributed by atoms with Crippen LogP contribution in [0.2, 0.25) is 0 Å². The highest BCUT2D eigenvalue weighted by molar-refractivity contribution is 9.10. The number of thiazole rings is 1. The summed E-state index contributed by atoms with van der Waals surface area (Å²) in [7, 11) is 0. The smallest absolute Gasteiger partial charge is 0.125 e. The van der Waals surface area contributed by atoms with Crippen molar-refractivity contribution < 1.29 is 4.39 Å². The maximum Gasteiger partial charge on any atom is 0.125 e. The lowest BCUT2D eigenvalue weighted by Gasteiger charge is -2.15. The molecule has 1 aliphatic rings. The van der Waals surface area contributed by atoms with Gasteiger partial charge in [-0.25, -0.2) is 9.37 Å². The molecule has 0 fully saturated rings. The first kappa shape index (κ1) is 12.3. The zero-order chi connectivity index (χ0) is 12.7. The molecule has 0 amide bonds. The lowest BCUT2D eigenvalue weighted by atomic mass is 9.99. The fourth-order valence-electron chi connectivity index (χ4n) is 2.23. The Bertz CT molecular complexity index is 597. The lowest BCUT2D eigenvalue weighted by molar-refractivity contribution is 0.573. The maximum absolute atomic E-state index is 13.3. The molecule has 0 radical (unpaired) electrons. The van der Waals surface area contributed by atoms with E-state index in [2.05, 4.69) is 20.9 Å². The van der Waals surface area contributed by atoms with E-state index in [1.807, 2.05) is 0 Å². The zero-order valence-corrected chi connectivity index (χ0v) is 12.0. The van der Waals surface area contributed by atoms with E-state index in [-0.39, 0.29) is 11.9 Å². The number of rotatable bonds is 1. The summed E-state index contributed by atoms with van der Waals surface area (Å²) in [5.74, 6) is -0.245. The average molecular weight is 327 g/mol.